The molecule has 206 valence electrons. The maximum Gasteiger partial charge on any atom is 0.425 e. The molecule has 37 heavy (non-hydrogen) atoms. The average molecular weight is 567 g/mol. The molecule has 1 amide bonds. The standard InChI is InChI=1S/C23H30ClF3N4O3.O2S/c1-5-31-21(16-12-28-18(10-17(16)33-4)34-14(3)23(25,26)27)19(24)20(30-31)22(32)29-11-15-8-6-13(2)7-9-15;1-3-2/h10,12-15H,5-9,11H2,1-4H3,(H,29,32);/t13?,14-,15?;/m0./s1. The summed E-state index contributed by atoms with van der Waals surface area (Å²) >= 11 is 5.83. The third-order valence-electron chi connectivity index (χ3n) is 6.17. The van der Waals surface area contributed by atoms with Gasteiger partial charge in [0, 0.05) is 25.4 Å². The first-order valence-corrected chi connectivity index (χ1v) is 12.7. The van der Waals surface area contributed by atoms with Crippen molar-refractivity contribution in [3.05, 3.63) is 23.0 Å². The number of carbonyl (C=O) groups is 1. The van der Waals surface area contributed by atoms with Crippen LogP contribution in [-0.2, 0) is 18.1 Å². The van der Waals surface area contributed by atoms with Crippen LogP contribution in [0.5, 0.6) is 11.6 Å². The SMILES string of the molecule is CCn1nc(C(=O)NCC2CCC(C)CC2)c(Cl)c1-c1cnc(O[C@@H](C)C(F)(F)F)cc1OC.O=S=O. The highest BCUT2D eigenvalue weighted by Gasteiger charge is 2.38. The molecule has 2 aromatic rings. The lowest BCUT2D eigenvalue weighted by molar-refractivity contribution is -0.190. The summed E-state index contributed by atoms with van der Waals surface area (Å²) in [5.74, 6) is 0.731. The normalized spacial score (nSPS) is 18.3. The van der Waals surface area contributed by atoms with Crippen LogP contribution >= 0.6 is 11.6 Å². The number of hydrogen-bond acceptors (Lipinski definition) is 7. The molecule has 0 spiro atoms. The van der Waals surface area contributed by atoms with Crippen LogP contribution in [0.25, 0.3) is 11.3 Å². The fourth-order valence-corrected chi connectivity index (χ4v) is 4.33. The van der Waals surface area contributed by atoms with Crippen molar-refractivity contribution in [2.45, 2.75) is 65.3 Å². The fraction of sp³-hybridized carbons (Fsp3) is 0.609. The largest absolute Gasteiger partial charge is 0.496 e. The molecule has 1 N–H and O–H groups in total. The van der Waals surface area contributed by atoms with Crippen LogP contribution in [0.3, 0.4) is 0 Å². The highest BCUT2D eigenvalue weighted by Crippen LogP contribution is 2.38. The van der Waals surface area contributed by atoms with E-state index in [1.165, 1.54) is 24.1 Å². The summed E-state index contributed by atoms with van der Waals surface area (Å²) in [6.45, 7) is 5.93. The van der Waals surface area contributed by atoms with Crippen LogP contribution in [0.1, 0.15) is 56.9 Å². The van der Waals surface area contributed by atoms with E-state index < -0.39 is 23.9 Å². The third kappa shape index (κ3) is 8.16. The van der Waals surface area contributed by atoms with E-state index in [0.29, 0.717) is 30.3 Å². The van der Waals surface area contributed by atoms with Crippen LogP contribution in [0.2, 0.25) is 5.02 Å². The lowest BCUT2D eigenvalue weighted by Crippen LogP contribution is -2.31. The van der Waals surface area contributed by atoms with Gasteiger partial charge in [-0.15, -0.1) is 0 Å². The van der Waals surface area contributed by atoms with Gasteiger partial charge in [-0.05, 0) is 38.5 Å². The average Bonchev–Trinajstić information content (AvgIpc) is 3.19. The molecule has 1 aliphatic carbocycles. The molecule has 0 aliphatic heterocycles. The number of aryl methyl sites for hydroxylation is 1. The number of ether oxygens (including phenoxy) is 2. The molecule has 1 saturated carbocycles. The van der Waals surface area contributed by atoms with Gasteiger partial charge < -0.3 is 14.8 Å². The molecule has 1 aliphatic rings. The topological polar surface area (TPSA) is 112 Å². The minimum atomic E-state index is -4.53. The van der Waals surface area contributed by atoms with Gasteiger partial charge in [0.1, 0.15) is 5.75 Å². The van der Waals surface area contributed by atoms with E-state index in [4.69, 9.17) is 29.5 Å². The number of rotatable bonds is 8. The van der Waals surface area contributed by atoms with Crippen LogP contribution in [-0.4, -0.2) is 55.0 Å². The Hall–Kier alpha value is -2.67. The van der Waals surface area contributed by atoms with Crippen molar-refractivity contribution in [2.24, 2.45) is 11.8 Å². The number of nitrogens with zero attached hydrogens (tertiary/aromatic N) is 3. The molecule has 0 radical (unpaired) electrons. The molecule has 9 nitrogen and oxygen atoms in total. The molecule has 0 saturated heterocycles. The van der Waals surface area contributed by atoms with Crippen molar-refractivity contribution in [1.29, 1.82) is 0 Å². The number of aromatic nitrogens is 3. The number of methoxy groups -OCH3 is 1. The lowest BCUT2D eigenvalue weighted by Gasteiger charge is -2.26. The van der Waals surface area contributed by atoms with Gasteiger partial charge in [-0.1, -0.05) is 31.4 Å². The smallest absolute Gasteiger partial charge is 0.425 e. The number of carbonyl (C=O) groups excluding carboxylic acids is 1. The Morgan fingerprint density at radius 2 is 1.92 bits per heavy atom. The van der Waals surface area contributed by atoms with Gasteiger partial charge in [-0.25, -0.2) is 4.98 Å². The Balaban J connectivity index is 0.00000153. The molecular weight excluding hydrogens is 537 g/mol. The van der Waals surface area contributed by atoms with Crippen molar-refractivity contribution in [3.63, 3.8) is 0 Å². The first-order valence-electron chi connectivity index (χ1n) is 11.7. The van der Waals surface area contributed by atoms with E-state index >= 15 is 0 Å². The number of hydrogen-bond donors (Lipinski definition) is 1. The van der Waals surface area contributed by atoms with E-state index in [1.54, 1.807) is 0 Å². The van der Waals surface area contributed by atoms with Crippen LogP contribution < -0.4 is 14.8 Å². The molecule has 0 aromatic carbocycles. The maximum atomic E-state index is 12.9. The van der Waals surface area contributed by atoms with Crippen LogP contribution in [0, 0.1) is 11.8 Å². The van der Waals surface area contributed by atoms with Crippen molar-refractivity contribution >= 4 is 29.1 Å². The summed E-state index contributed by atoms with van der Waals surface area (Å²) in [5.41, 5.74) is 0.852. The fourth-order valence-electron chi connectivity index (χ4n) is 4.00. The number of alkyl halides is 3. The zero-order valence-electron chi connectivity index (χ0n) is 20.9. The first kappa shape index (κ1) is 30.6. The molecule has 0 unspecified atom stereocenters. The summed E-state index contributed by atoms with van der Waals surface area (Å²) in [7, 11) is 1.37. The number of amides is 1. The molecule has 0 bridgehead atoms. The summed E-state index contributed by atoms with van der Waals surface area (Å²) in [5, 5.41) is 7.43. The molecule has 2 heterocycles. The third-order valence-corrected chi connectivity index (χ3v) is 6.53. The zero-order valence-corrected chi connectivity index (χ0v) is 22.5. The van der Waals surface area contributed by atoms with E-state index in [1.807, 2.05) is 6.92 Å². The van der Waals surface area contributed by atoms with Crippen molar-refractivity contribution in [2.75, 3.05) is 13.7 Å². The van der Waals surface area contributed by atoms with Crippen molar-refractivity contribution < 1.29 is 35.9 Å². The molecule has 3 rings (SSSR count). The molecule has 1 atom stereocenters. The monoisotopic (exact) mass is 566 g/mol. The molecular formula is C23H30ClF3N4O5S. The Morgan fingerprint density at radius 1 is 1.30 bits per heavy atom. The molecule has 14 heteroatoms. The predicted molar refractivity (Wildman–Crippen MR) is 131 cm³/mol. The summed E-state index contributed by atoms with van der Waals surface area (Å²) in [6, 6.07) is 1.25. The van der Waals surface area contributed by atoms with Crippen LogP contribution in [0.4, 0.5) is 13.2 Å². The maximum absolute atomic E-state index is 12.9. The van der Waals surface area contributed by atoms with Crippen molar-refractivity contribution in [3.8, 4) is 22.9 Å². The van der Waals surface area contributed by atoms with E-state index in [9.17, 15) is 18.0 Å². The zero-order chi connectivity index (χ0) is 27.8. The highest BCUT2D eigenvalue weighted by atomic mass is 35.5. The second-order valence-electron chi connectivity index (χ2n) is 8.76. The van der Waals surface area contributed by atoms with E-state index in [2.05, 4.69) is 22.3 Å². The van der Waals surface area contributed by atoms with Gasteiger partial charge in [0.15, 0.2) is 11.8 Å². The predicted octanol–water partition coefficient (Wildman–Crippen LogP) is 4.84. The summed E-state index contributed by atoms with van der Waals surface area (Å²) in [4.78, 5) is 16.9. The molecule has 1 fully saturated rings. The minimum absolute atomic E-state index is 0.0794. The second kappa shape index (κ2) is 13.8. The van der Waals surface area contributed by atoms with Gasteiger partial charge in [0.2, 0.25) is 5.88 Å². The number of pyridine rings is 1. The molecule has 2 aromatic heterocycles. The van der Waals surface area contributed by atoms with Crippen molar-refractivity contribution in [1.82, 2.24) is 20.1 Å². The van der Waals surface area contributed by atoms with Gasteiger partial charge in [-0.2, -0.15) is 26.7 Å². The van der Waals surface area contributed by atoms with Gasteiger partial charge in [0.05, 0.1) is 23.4 Å². The first-order chi connectivity index (χ1) is 17.5. The minimum Gasteiger partial charge on any atom is -0.496 e. The van der Waals surface area contributed by atoms with Gasteiger partial charge >= 0.3 is 17.7 Å². The summed E-state index contributed by atoms with van der Waals surface area (Å²) < 4.78 is 66.9. The summed E-state index contributed by atoms with van der Waals surface area (Å²) in [6.07, 6.45) is -0.799. The second-order valence-corrected chi connectivity index (χ2v) is 9.27. The Bertz CT molecular complexity index is 1100. The number of halogens is 4. The van der Waals surface area contributed by atoms with E-state index in [0.717, 1.165) is 38.5 Å². The van der Waals surface area contributed by atoms with Crippen LogP contribution in [0.15, 0.2) is 12.3 Å². The number of nitrogens with one attached hydrogen (secondary N) is 1. The Morgan fingerprint density at radius 3 is 2.46 bits per heavy atom. The highest BCUT2D eigenvalue weighted by molar-refractivity contribution is 7.51. The van der Waals surface area contributed by atoms with Gasteiger partial charge in [0.25, 0.3) is 5.91 Å². The Labute approximate surface area is 221 Å². The quantitative estimate of drug-likeness (QED) is 0.486. The van der Waals surface area contributed by atoms with Gasteiger partial charge in [-0.3, -0.25) is 9.48 Å². The Kier molecular flexibility index (Phi) is 11.4. The van der Waals surface area contributed by atoms with E-state index in [-0.39, 0.29) is 28.3 Å². The lowest BCUT2D eigenvalue weighted by atomic mass is 9.83.